The average molecular weight is 317 g/mol. The SMILES string of the molecule is CN(C)c1cc(C(=O)N2CCS(=O)CC2)nc2ccccc12. The summed E-state index contributed by atoms with van der Waals surface area (Å²) in [6.45, 7) is 1.08. The number of rotatable bonds is 2. The van der Waals surface area contributed by atoms with Gasteiger partial charge in [0.25, 0.3) is 5.91 Å². The molecule has 1 aliphatic heterocycles. The molecule has 0 unspecified atom stereocenters. The molecule has 0 radical (unpaired) electrons. The van der Waals surface area contributed by atoms with Gasteiger partial charge in [-0.1, -0.05) is 18.2 Å². The Labute approximate surface area is 132 Å². The zero-order valence-corrected chi connectivity index (χ0v) is 13.6. The van der Waals surface area contributed by atoms with Crippen molar-refractivity contribution in [2.75, 3.05) is 43.6 Å². The number of nitrogens with zero attached hydrogens (tertiary/aromatic N) is 3. The van der Waals surface area contributed by atoms with Crippen molar-refractivity contribution in [3.63, 3.8) is 0 Å². The summed E-state index contributed by atoms with van der Waals surface area (Å²) in [5, 5.41) is 1.03. The molecule has 2 heterocycles. The molecule has 0 aliphatic carbocycles. The predicted octanol–water partition coefficient (Wildman–Crippen LogP) is 1.51. The third-order valence-corrected chi connectivity index (χ3v) is 5.14. The molecule has 1 amide bonds. The van der Waals surface area contributed by atoms with Crippen LogP contribution < -0.4 is 4.90 Å². The molecule has 22 heavy (non-hydrogen) atoms. The Bertz CT molecular complexity index is 735. The number of hydrogen-bond acceptors (Lipinski definition) is 4. The van der Waals surface area contributed by atoms with Crippen LogP contribution in [0.3, 0.4) is 0 Å². The van der Waals surface area contributed by atoms with E-state index < -0.39 is 10.8 Å². The smallest absolute Gasteiger partial charge is 0.272 e. The molecule has 5 nitrogen and oxygen atoms in total. The van der Waals surface area contributed by atoms with Gasteiger partial charge >= 0.3 is 0 Å². The molecule has 1 aromatic carbocycles. The monoisotopic (exact) mass is 317 g/mol. The van der Waals surface area contributed by atoms with Crippen molar-refractivity contribution in [3.8, 4) is 0 Å². The second-order valence-electron chi connectivity index (χ2n) is 5.58. The molecule has 0 bridgehead atoms. The predicted molar refractivity (Wildman–Crippen MR) is 89.8 cm³/mol. The lowest BCUT2D eigenvalue weighted by atomic mass is 10.1. The lowest BCUT2D eigenvalue weighted by Gasteiger charge is -2.26. The van der Waals surface area contributed by atoms with Crippen LogP contribution in [0.2, 0.25) is 0 Å². The standard InChI is InChI=1S/C16H19N3O2S/c1-18(2)15-11-14(17-13-6-4-3-5-12(13)15)16(20)19-7-9-22(21)10-8-19/h3-6,11H,7-10H2,1-2H3. The molecule has 2 aromatic rings. The zero-order chi connectivity index (χ0) is 15.7. The van der Waals surface area contributed by atoms with Gasteiger partial charge in [-0.25, -0.2) is 4.98 Å². The minimum atomic E-state index is -0.790. The van der Waals surface area contributed by atoms with E-state index in [0.717, 1.165) is 16.6 Å². The highest BCUT2D eigenvalue weighted by atomic mass is 32.2. The molecule has 116 valence electrons. The van der Waals surface area contributed by atoms with Gasteiger partial charge in [-0.2, -0.15) is 0 Å². The van der Waals surface area contributed by atoms with E-state index in [4.69, 9.17) is 0 Å². The van der Waals surface area contributed by atoms with Gasteiger partial charge < -0.3 is 9.80 Å². The van der Waals surface area contributed by atoms with Crippen LogP contribution in [0.5, 0.6) is 0 Å². The second kappa shape index (κ2) is 6.04. The zero-order valence-electron chi connectivity index (χ0n) is 12.8. The van der Waals surface area contributed by atoms with Gasteiger partial charge in [0.1, 0.15) is 5.69 Å². The van der Waals surface area contributed by atoms with E-state index >= 15 is 0 Å². The third-order valence-electron chi connectivity index (χ3n) is 3.86. The Hall–Kier alpha value is -1.95. The van der Waals surface area contributed by atoms with Crippen LogP contribution in [0.25, 0.3) is 10.9 Å². The topological polar surface area (TPSA) is 53.5 Å². The molecule has 1 aliphatic rings. The van der Waals surface area contributed by atoms with Gasteiger partial charge in [-0.3, -0.25) is 9.00 Å². The summed E-state index contributed by atoms with van der Waals surface area (Å²) in [5.74, 6) is 1.03. The first kappa shape index (κ1) is 15.0. The molecule has 1 saturated heterocycles. The highest BCUT2D eigenvalue weighted by Gasteiger charge is 2.23. The van der Waals surface area contributed by atoms with E-state index in [2.05, 4.69) is 4.98 Å². The van der Waals surface area contributed by atoms with E-state index in [-0.39, 0.29) is 5.91 Å². The number of amides is 1. The van der Waals surface area contributed by atoms with Crippen LogP contribution in [-0.4, -0.2) is 58.7 Å². The summed E-state index contributed by atoms with van der Waals surface area (Å²) in [4.78, 5) is 20.9. The average Bonchev–Trinajstić information content (AvgIpc) is 2.53. The molecule has 1 aromatic heterocycles. The van der Waals surface area contributed by atoms with Gasteiger partial charge in [0.05, 0.1) is 5.52 Å². The number of hydrogen-bond donors (Lipinski definition) is 0. The summed E-state index contributed by atoms with van der Waals surface area (Å²) in [6, 6.07) is 9.67. The van der Waals surface area contributed by atoms with Crippen LogP contribution in [-0.2, 0) is 10.8 Å². The largest absolute Gasteiger partial charge is 0.377 e. The van der Waals surface area contributed by atoms with Crippen molar-refractivity contribution in [2.24, 2.45) is 0 Å². The number of benzene rings is 1. The summed E-state index contributed by atoms with van der Waals surface area (Å²) in [5.41, 5.74) is 2.25. The van der Waals surface area contributed by atoms with Crippen LogP contribution in [0.15, 0.2) is 30.3 Å². The van der Waals surface area contributed by atoms with Gasteiger partial charge in [0.2, 0.25) is 0 Å². The summed E-state index contributed by atoms with van der Waals surface area (Å²) < 4.78 is 11.4. The van der Waals surface area contributed by atoms with Crippen LogP contribution >= 0.6 is 0 Å². The Morgan fingerprint density at radius 1 is 1.23 bits per heavy atom. The first-order valence-electron chi connectivity index (χ1n) is 7.27. The van der Waals surface area contributed by atoms with E-state index in [1.807, 2.05) is 49.3 Å². The molecule has 0 spiro atoms. The summed E-state index contributed by atoms with van der Waals surface area (Å²) in [6.07, 6.45) is 0. The lowest BCUT2D eigenvalue weighted by molar-refractivity contribution is 0.0766. The maximum atomic E-state index is 12.7. The fourth-order valence-corrected chi connectivity index (χ4v) is 3.69. The fourth-order valence-electron chi connectivity index (χ4n) is 2.64. The first-order chi connectivity index (χ1) is 10.6. The number of pyridine rings is 1. The van der Waals surface area contributed by atoms with Crippen molar-refractivity contribution < 1.29 is 9.00 Å². The fraction of sp³-hybridized carbons (Fsp3) is 0.375. The van der Waals surface area contributed by atoms with Crippen molar-refractivity contribution in [1.82, 2.24) is 9.88 Å². The summed E-state index contributed by atoms with van der Waals surface area (Å²) >= 11 is 0. The Balaban J connectivity index is 2.00. The maximum Gasteiger partial charge on any atom is 0.272 e. The van der Waals surface area contributed by atoms with Gasteiger partial charge in [-0.05, 0) is 12.1 Å². The van der Waals surface area contributed by atoms with Crippen molar-refractivity contribution in [3.05, 3.63) is 36.0 Å². The first-order valence-corrected chi connectivity index (χ1v) is 8.76. The van der Waals surface area contributed by atoms with Gasteiger partial charge in [0, 0.05) is 60.6 Å². The second-order valence-corrected chi connectivity index (χ2v) is 7.27. The number of para-hydroxylation sites is 1. The van der Waals surface area contributed by atoms with E-state index in [1.165, 1.54) is 0 Å². The van der Waals surface area contributed by atoms with Crippen molar-refractivity contribution in [2.45, 2.75) is 0 Å². The van der Waals surface area contributed by atoms with Crippen LogP contribution in [0.4, 0.5) is 5.69 Å². The molecule has 0 saturated carbocycles. The van der Waals surface area contributed by atoms with Gasteiger partial charge in [0.15, 0.2) is 0 Å². The van der Waals surface area contributed by atoms with Crippen LogP contribution in [0.1, 0.15) is 10.5 Å². The number of anilines is 1. The number of fused-ring (bicyclic) bond motifs is 1. The molecule has 0 atom stereocenters. The third kappa shape index (κ3) is 2.83. The van der Waals surface area contributed by atoms with E-state index in [9.17, 15) is 9.00 Å². The lowest BCUT2D eigenvalue weighted by Crippen LogP contribution is -2.42. The highest BCUT2D eigenvalue weighted by molar-refractivity contribution is 7.85. The Morgan fingerprint density at radius 3 is 2.59 bits per heavy atom. The Kier molecular flexibility index (Phi) is 4.11. The molecule has 6 heteroatoms. The highest BCUT2D eigenvalue weighted by Crippen LogP contribution is 2.25. The number of carbonyl (C=O) groups excluding carboxylic acids is 1. The molecule has 0 N–H and O–H groups in total. The van der Waals surface area contributed by atoms with E-state index in [1.54, 1.807) is 4.90 Å². The number of carbonyl (C=O) groups is 1. The molecular weight excluding hydrogens is 298 g/mol. The Morgan fingerprint density at radius 2 is 1.91 bits per heavy atom. The molecule has 3 rings (SSSR count). The van der Waals surface area contributed by atoms with E-state index in [0.29, 0.717) is 30.3 Å². The van der Waals surface area contributed by atoms with Crippen molar-refractivity contribution in [1.29, 1.82) is 0 Å². The number of aromatic nitrogens is 1. The maximum absolute atomic E-state index is 12.7. The minimum absolute atomic E-state index is 0.0782. The van der Waals surface area contributed by atoms with Crippen LogP contribution in [0, 0.1) is 0 Å². The van der Waals surface area contributed by atoms with Gasteiger partial charge in [-0.15, -0.1) is 0 Å². The van der Waals surface area contributed by atoms with Crippen molar-refractivity contribution >= 4 is 33.3 Å². The normalized spacial score (nSPS) is 16.0. The molecule has 1 fully saturated rings. The summed E-state index contributed by atoms with van der Waals surface area (Å²) in [7, 11) is 3.13. The minimum Gasteiger partial charge on any atom is -0.377 e. The molecular formula is C16H19N3O2S. The quantitative estimate of drug-likeness (QED) is 0.842.